The SMILES string of the molecule is Cc1ccccc1N=C(N=C(N)C(C)C)c1ccccc1. The number of amidine groups is 2. The fraction of sp³-hybridized carbons (Fsp3) is 0.222. The number of para-hydroxylation sites is 1. The number of aryl methyl sites for hydroxylation is 1. The molecule has 0 atom stereocenters. The summed E-state index contributed by atoms with van der Waals surface area (Å²) in [4.78, 5) is 9.23. The summed E-state index contributed by atoms with van der Waals surface area (Å²) < 4.78 is 0. The van der Waals surface area contributed by atoms with Crippen molar-refractivity contribution in [3.8, 4) is 0 Å². The Kier molecular flexibility index (Phi) is 4.88. The minimum absolute atomic E-state index is 0.191. The molecule has 0 amide bonds. The highest BCUT2D eigenvalue weighted by Gasteiger charge is 2.06. The number of rotatable bonds is 3. The van der Waals surface area contributed by atoms with Crippen molar-refractivity contribution >= 4 is 17.4 Å². The molecular formula is C18H21N3. The maximum atomic E-state index is 6.02. The van der Waals surface area contributed by atoms with Gasteiger partial charge in [0.1, 0.15) is 5.84 Å². The van der Waals surface area contributed by atoms with Crippen LogP contribution in [0.25, 0.3) is 0 Å². The zero-order chi connectivity index (χ0) is 15.2. The molecule has 0 fully saturated rings. The summed E-state index contributed by atoms with van der Waals surface area (Å²) >= 11 is 0. The fourth-order valence-corrected chi connectivity index (χ4v) is 1.80. The number of aliphatic imine (C=N–C) groups is 2. The second-order valence-corrected chi connectivity index (χ2v) is 5.28. The summed E-state index contributed by atoms with van der Waals surface area (Å²) in [6.45, 7) is 6.08. The van der Waals surface area contributed by atoms with Gasteiger partial charge < -0.3 is 5.73 Å². The van der Waals surface area contributed by atoms with Crippen LogP contribution in [0.4, 0.5) is 5.69 Å². The first kappa shape index (κ1) is 15.0. The van der Waals surface area contributed by atoms with Gasteiger partial charge in [-0.15, -0.1) is 0 Å². The van der Waals surface area contributed by atoms with Gasteiger partial charge in [0.2, 0.25) is 0 Å². The normalized spacial score (nSPS) is 12.8. The molecule has 0 saturated heterocycles. The molecule has 2 rings (SSSR count). The second-order valence-electron chi connectivity index (χ2n) is 5.28. The first-order chi connectivity index (χ1) is 10.1. The molecular weight excluding hydrogens is 258 g/mol. The monoisotopic (exact) mass is 279 g/mol. The molecule has 0 saturated carbocycles. The standard InChI is InChI=1S/C18H21N3/c1-13(2)17(19)21-18(15-10-5-4-6-11-15)20-16-12-8-7-9-14(16)3/h4-13H,1-3H3,(H2,19,20,21). The molecule has 2 N–H and O–H groups in total. The molecule has 3 nitrogen and oxygen atoms in total. The Morgan fingerprint density at radius 2 is 1.57 bits per heavy atom. The van der Waals surface area contributed by atoms with Gasteiger partial charge in [0.25, 0.3) is 0 Å². The Morgan fingerprint density at radius 1 is 0.952 bits per heavy atom. The summed E-state index contributed by atoms with van der Waals surface area (Å²) in [6, 6.07) is 17.9. The van der Waals surface area contributed by atoms with Crippen LogP contribution in [0.2, 0.25) is 0 Å². The van der Waals surface area contributed by atoms with Crippen LogP contribution in [0.1, 0.15) is 25.0 Å². The number of benzene rings is 2. The van der Waals surface area contributed by atoms with E-state index in [-0.39, 0.29) is 5.92 Å². The van der Waals surface area contributed by atoms with Crippen LogP contribution in [0.3, 0.4) is 0 Å². The summed E-state index contributed by atoms with van der Waals surface area (Å²) in [5, 5.41) is 0. The van der Waals surface area contributed by atoms with E-state index < -0.39 is 0 Å². The van der Waals surface area contributed by atoms with Crippen LogP contribution >= 0.6 is 0 Å². The predicted octanol–water partition coefficient (Wildman–Crippen LogP) is 4.09. The maximum Gasteiger partial charge on any atom is 0.161 e. The highest BCUT2D eigenvalue weighted by atomic mass is 15.0. The van der Waals surface area contributed by atoms with Crippen LogP contribution < -0.4 is 5.73 Å². The summed E-state index contributed by atoms with van der Waals surface area (Å²) in [7, 11) is 0. The topological polar surface area (TPSA) is 50.7 Å². The molecule has 0 bridgehead atoms. The third-order valence-corrected chi connectivity index (χ3v) is 3.20. The maximum absolute atomic E-state index is 6.02. The van der Waals surface area contributed by atoms with E-state index in [1.165, 1.54) is 0 Å². The van der Waals surface area contributed by atoms with Crippen molar-refractivity contribution in [3.63, 3.8) is 0 Å². The van der Waals surface area contributed by atoms with Crippen LogP contribution in [0, 0.1) is 12.8 Å². The van der Waals surface area contributed by atoms with Crippen molar-refractivity contribution in [2.45, 2.75) is 20.8 Å². The predicted molar refractivity (Wildman–Crippen MR) is 90.3 cm³/mol. The average molecular weight is 279 g/mol. The van der Waals surface area contributed by atoms with Crippen molar-refractivity contribution in [2.24, 2.45) is 21.6 Å². The highest BCUT2D eigenvalue weighted by Crippen LogP contribution is 2.19. The molecule has 0 heterocycles. The lowest BCUT2D eigenvalue weighted by molar-refractivity contribution is 0.874. The smallest absolute Gasteiger partial charge is 0.161 e. The van der Waals surface area contributed by atoms with Gasteiger partial charge in [0, 0.05) is 11.5 Å². The van der Waals surface area contributed by atoms with Crippen LogP contribution in [-0.2, 0) is 0 Å². The lowest BCUT2D eigenvalue weighted by Gasteiger charge is -2.08. The lowest BCUT2D eigenvalue weighted by Crippen LogP contribution is -2.20. The molecule has 0 unspecified atom stereocenters. The van der Waals surface area contributed by atoms with Gasteiger partial charge in [-0.3, -0.25) is 0 Å². The fourth-order valence-electron chi connectivity index (χ4n) is 1.80. The van der Waals surface area contributed by atoms with E-state index in [9.17, 15) is 0 Å². The van der Waals surface area contributed by atoms with Crippen LogP contribution in [0.15, 0.2) is 64.6 Å². The lowest BCUT2D eigenvalue weighted by atomic mass is 10.1. The molecule has 0 aliphatic carbocycles. The van der Waals surface area contributed by atoms with E-state index in [4.69, 9.17) is 10.7 Å². The zero-order valence-corrected chi connectivity index (χ0v) is 12.7. The summed E-state index contributed by atoms with van der Waals surface area (Å²) in [5.74, 6) is 1.43. The van der Waals surface area contributed by atoms with Gasteiger partial charge in [-0.25, -0.2) is 9.98 Å². The van der Waals surface area contributed by atoms with E-state index >= 15 is 0 Å². The Morgan fingerprint density at radius 3 is 2.19 bits per heavy atom. The third-order valence-electron chi connectivity index (χ3n) is 3.20. The van der Waals surface area contributed by atoms with Gasteiger partial charge in [-0.1, -0.05) is 62.4 Å². The Bertz CT molecular complexity index is 655. The molecule has 0 radical (unpaired) electrons. The highest BCUT2D eigenvalue weighted by molar-refractivity contribution is 6.07. The molecule has 0 spiro atoms. The van der Waals surface area contributed by atoms with Gasteiger partial charge >= 0.3 is 0 Å². The van der Waals surface area contributed by atoms with Crippen molar-refractivity contribution in [1.82, 2.24) is 0 Å². The van der Waals surface area contributed by atoms with E-state index in [0.29, 0.717) is 11.7 Å². The number of nitrogens with zero attached hydrogens (tertiary/aromatic N) is 2. The largest absolute Gasteiger partial charge is 0.387 e. The Labute approximate surface area is 126 Å². The minimum atomic E-state index is 0.191. The van der Waals surface area contributed by atoms with Gasteiger partial charge in [0.05, 0.1) is 5.69 Å². The van der Waals surface area contributed by atoms with Gasteiger partial charge in [-0.05, 0) is 18.6 Å². The quantitative estimate of drug-likeness (QED) is 0.667. The molecule has 2 aromatic rings. The van der Waals surface area contributed by atoms with Crippen molar-refractivity contribution < 1.29 is 0 Å². The summed E-state index contributed by atoms with van der Waals surface area (Å²) in [6.07, 6.45) is 0. The van der Waals surface area contributed by atoms with Crippen molar-refractivity contribution in [2.75, 3.05) is 0 Å². The van der Waals surface area contributed by atoms with E-state index in [0.717, 1.165) is 16.8 Å². The number of hydrogen-bond donors (Lipinski definition) is 1. The Hall–Kier alpha value is -2.42. The molecule has 0 aromatic heterocycles. The molecule has 21 heavy (non-hydrogen) atoms. The minimum Gasteiger partial charge on any atom is -0.387 e. The Balaban J connectivity index is 2.52. The average Bonchev–Trinajstić information content (AvgIpc) is 2.49. The molecule has 3 heteroatoms. The molecule has 108 valence electrons. The van der Waals surface area contributed by atoms with Crippen LogP contribution in [0.5, 0.6) is 0 Å². The van der Waals surface area contributed by atoms with Gasteiger partial charge in [0.15, 0.2) is 5.84 Å². The van der Waals surface area contributed by atoms with Crippen LogP contribution in [-0.4, -0.2) is 11.7 Å². The second kappa shape index (κ2) is 6.84. The third kappa shape index (κ3) is 4.02. The van der Waals surface area contributed by atoms with E-state index in [1.807, 2.05) is 75.4 Å². The zero-order valence-electron chi connectivity index (χ0n) is 12.7. The molecule has 0 aliphatic heterocycles. The number of hydrogen-bond acceptors (Lipinski definition) is 1. The number of nitrogens with two attached hydrogens (primary N) is 1. The van der Waals surface area contributed by atoms with Gasteiger partial charge in [-0.2, -0.15) is 0 Å². The first-order valence-electron chi connectivity index (χ1n) is 7.11. The summed E-state index contributed by atoms with van der Waals surface area (Å²) in [5.41, 5.74) is 9.01. The first-order valence-corrected chi connectivity index (χ1v) is 7.11. The van der Waals surface area contributed by atoms with E-state index in [1.54, 1.807) is 0 Å². The van der Waals surface area contributed by atoms with Crippen molar-refractivity contribution in [1.29, 1.82) is 0 Å². The molecule has 0 aliphatic rings. The van der Waals surface area contributed by atoms with Crippen molar-refractivity contribution in [3.05, 3.63) is 65.7 Å². The van der Waals surface area contributed by atoms with E-state index in [2.05, 4.69) is 4.99 Å². The molecule has 2 aromatic carbocycles.